The van der Waals surface area contributed by atoms with Gasteiger partial charge in [0, 0.05) is 30.2 Å². The van der Waals surface area contributed by atoms with E-state index in [0.717, 1.165) is 47.4 Å². The molecule has 2 amide bonds. The summed E-state index contributed by atoms with van der Waals surface area (Å²) in [4.78, 5) is 34.0. The summed E-state index contributed by atoms with van der Waals surface area (Å²) in [5, 5.41) is 3.34. The van der Waals surface area contributed by atoms with Crippen LogP contribution in [0.5, 0.6) is 0 Å². The number of carbonyl (C=O) groups excluding carboxylic acids is 2. The highest BCUT2D eigenvalue weighted by Crippen LogP contribution is 2.40. The van der Waals surface area contributed by atoms with Crippen molar-refractivity contribution >= 4 is 28.8 Å². The lowest BCUT2D eigenvalue weighted by atomic mass is 9.72. The number of nitrogens with one attached hydrogen (secondary N) is 3. The molecule has 3 unspecified atom stereocenters. The maximum Gasteiger partial charge on any atom is 0.284 e. The van der Waals surface area contributed by atoms with Crippen LogP contribution in [0.25, 0.3) is 10.4 Å². The molecule has 1 aliphatic heterocycles. The summed E-state index contributed by atoms with van der Waals surface area (Å²) in [5.74, 6) is 0.275. The molecule has 1 saturated carbocycles. The van der Waals surface area contributed by atoms with Gasteiger partial charge in [0.15, 0.2) is 5.01 Å². The minimum atomic E-state index is -0.228. The standard InChI is InChI=1S/C23H23N5O2S/c29-21-18-4-2-1-3-17(18)20(27-28-21)15-5-7-16(8-6-15)26-22(30)23-25-13-19(31-23)14-9-11-24-12-10-14/h5-13,17-18,20,27H,1-4H2,(H,26,30)(H,28,29). The summed E-state index contributed by atoms with van der Waals surface area (Å²) in [5.41, 5.74) is 8.86. The van der Waals surface area contributed by atoms with Crippen molar-refractivity contribution in [1.82, 2.24) is 20.8 Å². The first-order chi connectivity index (χ1) is 15.2. The summed E-state index contributed by atoms with van der Waals surface area (Å²) in [7, 11) is 0. The summed E-state index contributed by atoms with van der Waals surface area (Å²) in [6, 6.07) is 11.7. The van der Waals surface area contributed by atoms with Crippen LogP contribution in [0.4, 0.5) is 5.69 Å². The van der Waals surface area contributed by atoms with Crippen molar-refractivity contribution in [3.63, 3.8) is 0 Å². The van der Waals surface area contributed by atoms with Gasteiger partial charge in [-0.1, -0.05) is 25.0 Å². The van der Waals surface area contributed by atoms with Gasteiger partial charge in [0.1, 0.15) is 0 Å². The number of benzene rings is 1. The van der Waals surface area contributed by atoms with Gasteiger partial charge in [-0.05, 0) is 54.2 Å². The molecule has 2 aromatic heterocycles. The van der Waals surface area contributed by atoms with Crippen molar-refractivity contribution in [3.05, 3.63) is 65.6 Å². The average Bonchev–Trinajstić information content (AvgIpc) is 3.32. The average molecular weight is 434 g/mol. The lowest BCUT2D eigenvalue weighted by Crippen LogP contribution is -2.55. The number of rotatable bonds is 4. The van der Waals surface area contributed by atoms with E-state index in [4.69, 9.17) is 0 Å². The Bertz CT molecular complexity index is 1080. The van der Waals surface area contributed by atoms with Gasteiger partial charge in [-0.25, -0.2) is 10.4 Å². The van der Waals surface area contributed by atoms with Crippen molar-refractivity contribution in [2.75, 3.05) is 5.32 Å². The number of anilines is 1. The topological polar surface area (TPSA) is 96.0 Å². The SMILES string of the molecule is O=C(Nc1ccc(C2NNC(=O)C3CCCCC32)cc1)c1ncc(-c2ccncc2)s1. The number of carbonyl (C=O) groups is 2. The van der Waals surface area contributed by atoms with Gasteiger partial charge in [-0.15, -0.1) is 11.3 Å². The minimum Gasteiger partial charge on any atom is -0.320 e. The van der Waals surface area contributed by atoms with Crippen LogP contribution in [-0.2, 0) is 4.79 Å². The van der Waals surface area contributed by atoms with Crippen LogP contribution in [-0.4, -0.2) is 21.8 Å². The van der Waals surface area contributed by atoms with E-state index in [1.807, 2.05) is 36.4 Å². The minimum absolute atomic E-state index is 0.0823. The first kappa shape index (κ1) is 19.8. The van der Waals surface area contributed by atoms with Crippen molar-refractivity contribution in [3.8, 4) is 10.4 Å². The lowest BCUT2D eigenvalue weighted by molar-refractivity contribution is -0.133. The number of fused-ring (bicyclic) bond motifs is 1. The Hall–Kier alpha value is -3.10. The van der Waals surface area contributed by atoms with Crippen molar-refractivity contribution in [2.24, 2.45) is 11.8 Å². The molecule has 0 radical (unpaired) electrons. The van der Waals surface area contributed by atoms with E-state index in [0.29, 0.717) is 10.9 Å². The quantitative estimate of drug-likeness (QED) is 0.579. The molecule has 0 bridgehead atoms. The molecule has 3 atom stereocenters. The number of nitrogens with zero attached hydrogens (tertiary/aromatic N) is 2. The second kappa shape index (κ2) is 8.56. The molecule has 3 N–H and O–H groups in total. The zero-order chi connectivity index (χ0) is 21.2. The van der Waals surface area contributed by atoms with Crippen LogP contribution < -0.4 is 16.2 Å². The molecule has 158 valence electrons. The van der Waals surface area contributed by atoms with E-state index in [-0.39, 0.29) is 23.8 Å². The Morgan fingerprint density at radius 3 is 2.65 bits per heavy atom. The van der Waals surface area contributed by atoms with Crippen LogP contribution in [0.15, 0.2) is 55.0 Å². The molecule has 1 saturated heterocycles. The van der Waals surface area contributed by atoms with Gasteiger partial charge in [0.05, 0.1) is 10.9 Å². The Morgan fingerprint density at radius 2 is 1.84 bits per heavy atom. The number of pyridine rings is 1. The fourth-order valence-corrected chi connectivity index (χ4v) is 5.37. The third kappa shape index (κ3) is 4.08. The molecule has 31 heavy (non-hydrogen) atoms. The van der Waals surface area contributed by atoms with E-state index >= 15 is 0 Å². The number of hydrogen-bond acceptors (Lipinski definition) is 6. The molecule has 1 aliphatic carbocycles. The van der Waals surface area contributed by atoms with E-state index in [1.54, 1.807) is 18.6 Å². The normalized spacial score (nSPS) is 23.0. The Kier molecular flexibility index (Phi) is 5.48. The first-order valence-electron chi connectivity index (χ1n) is 10.5. The van der Waals surface area contributed by atoms with Gasteiger partial charge >= 0.3 is 0 Å². The van der Waals surface area contributed by atoms with Gasteiger partial charge in [0.25, 0.3) is 5.91 Å². The molecule has 5 rings (SSSR count). The van der Waals surface area contributed by atoms with Crippen molar-refractivity contribution in [2.45, 2.75) is 31.7 Å². The predicted molar refractivity (Wildman–Crippen MR) is 119 cm³/mol. The fourth-order valence-electron chi connectivity index (χ4n) is 4.55. The predicted octanol–water partition coefficient (Wildman–Crippen LogP) is 3.94. The number of aromatic nitrogens is 2. The smallest absolute Gasteiger partial charge is 0.284 e. The zero-order valence-corrected chi connectivity index (χ0v) is 17.7. The molecule has 2 fully saturated rings. The third-order valence-corrected chi connectivity index (χ3v) is 7.17. The second-order valence-corrected chi connectivity index (χ2v) is 9.04. The Morgan fingerprint density at radius 1 is 1.06 bits per heavy atom. The third-order valence-electron chi connectivity index (χ3n) is 6.13. The highest BCUT2D eigenvalue weighted by molar-refractivity contribution is 7.17. The molecule has 0 spiro atoms. The van der Waals surface area contributed by atoms with Gasteiger partial charge in [0.2, 0.25) is 5.91 Å². The number of hydrogen-bond donors (Lipinski definition) is 3. The van der Waals surface area contributed by atoms with E-state index in [9.17, 15) is 9.59 Å². The Balaban J connectivity index is 1.27. The maximum atomic E-state index is 12.6. The molecule has 8 heteroatoms. The summed E-state index contributed by atoms with van der Waals surface area (Å²) in [6.07, 6.45) is 9.44. The zero-order valence-electron chi connectivity index (χ0n) is 16.9. The molecule has 7 nitrogen and oxygen atoms in total. The largest absolute Gasteiger partial charge is 0.320 e. The van der Waals surface area contributed by atoms with E-state index in [1.165, 1.54) is 11.3 Å². The summed E-state index contributed by atoms with van der Waals surface area (Å²) in [6.45, 7) is 0. The van der Waals surface area contributed by atoms with Gasteiger partial charge in [-0.2, -0.15) is 0 Å². The molecule has 1 aromatic carbocycles. The van der Waals surface area contributed by atoms with Crippen LogP contribution in [0.1, 0.15) is 47.1 Å². The summed E-state index contributed by atoms with van der Waals surface area (Å²) >= 11 is 1.35. The molecule has 2 aliphatic rings. The second-order valence-electron chi connectivity index (χ2n) is 8.01. The van der Waals surface area contributed by atoms with Crippen LogP contribution in [0.2, 0.25) is 0 Å². The monoisotopic (exact) mass is 433 g/mol. The van der Waals surface area contributed by atoms with E-state index < -0.39 is 0 Å². The molecule has 3 heterocycles. The highest BCUT2D eigenvalue weighted by atomic mass is 32.1. The lowest BCUT2D eigenvalue weighted by Gasteiger charge is -2.41. The number of thiazole rings is 1. The number of amides is 2. The van der Waals surface area contributed by atoms with Crippen molar-refractivity contribution < 1.29 is 9.59 Å². The molecular formula is C23H23N5O2S. The van der Waals surface area contributed by atoms with Crippen LogP contribution in [0, 0.1) is 11.8 Å². The molecular weight excluding hydrogens is 410 g/mol. The molecule has 3 aromatic rings. The maximum absolute atomic E-state index is 12.6. The van der Waals surface area contributed by atoms with Crippen LogP contribution >= 0.6 is 11.3 Å². The highest BCUT2D eigenvalue weighted by Gasteiger charge is 2.40. The first-order valence-corrected chi connectivity index (χ1v) is 11.3. The van der Waals surface area contributed by atoms with Crippen molar-refractivity contribution in [1.29, 1.82) is 0 Å². The van der Waals surface area contributed by atoms with Crippen LogP contribution in [0.3, 0.4) is 0 Å². The van der Waals surface area contributed by atoms with E-state index in [2.05, 4.69) is 26.1 Å². The fraction of sp³-hybridized carbons (Fsp3) is 0.304. The summed E-state index contributed by atoms with van der Waals surface area (Å²) < 4.78 is 0. The van der Waals surface area contributed by atoms with Gasteiger partial charge < -0.3 is 5.32 Å². The van der Waals surface area contributed by atoms with Gasteiger partial charge in [-0.3, -0.25) is 20.0 Å². The number of hydrazine groups is 1. The Labute approximate surface area is 184 Å².